The van der Waals surface area contributed by atoms with Gasteiger partial charge in [-0.2, -0.15) is 0 Å². The van der Waals surface area contributed by atoms with Gasteiger partial charge in [-0.15, -0.1) is 0 Å². The van der Waals surface area contributed by atoms with Crippen LogP contribution in [0.25, 0.3) is 0 Å². The first-order chi connectivity index (χ1) is 7.58. The third-order valence-electron chi connectivity index (χ3n) is 3.26. The Labute approximate surface area is 100 Å². The summed E-state index contributed by atoms with van der Waals surface area (Å²) in [5, 5.41) is 9.69. The van der Waals surface area contributed by atoms with Crippen molar-refractivity contribution in [1.82, 2.24) is 0 Å². The molecule has 0 aromatic heterocycles. The predicted molar refractivity (Wildman–Crippen MR) is 63.9 cm³/mol. The van der Waals surface area contributed by atoms with E-state index >= 15 is 0 Å². The summed E-state index contributed by atoms with van der Waals surface area (Å²) in [4.78, 5) is 10.8. The van der Waals surface area contributed by atoms with Gasteiger partial charge in [-0.05, 0) is 41.9 Å². The lowest BCUT2D eigenvalue weighted by Gasteiger charge is -2.29. The van der Waals surface area contributed by atoms with Crippen molar-refractivity contribution >= 4 is 17.6 Å². The summed E-state index contributed by atoms with van der Waals surface area (Å²) in [6.45, 7) is 2.15. The lowest BCUT2D eigenvalue weighted by molar-refractivity contribution is -0.137. The first-order valence-corrected chi connectivity index (χ1v) is 5.94. The number of rotatable bonds is 2. The Morgan fingerprint density at radius 3 is 3.00 bits per heavy atom. The molecular formula is C13H15ClO2. The highest BCUT2D eigenvalue weighted by Crippen LogP contribution is 2.39. The van der Waals surface area contributed by atoms with Crippen LogP contribution in [0.5, 0.6) is 0 Å². The topological polar surface area (TPSA) is 37.3 Å². The average Bonchev–Trinajstić information content (AvgIpc) is 2.18. The quantitative estimate of drug-likeness (QED) is 0.857. The molecule has 1 aromatic carbocycles. The fourth-order valence-corrected chi connectivity index (χ4v) is 2.88. The van der Waals surface area contributed by atoms with Crippen LogP contribution in [0.1, 0.15) is 36.8 Å². The number of carboxylic acid groups (broad SMARTS) is 1. The monoisotopic (exact) mass is 238 g/mol. The maximum absolute atomic E-state index is 10.8. The SMILES string of the molecule is CC1Cc2c(Cl)cccc2C(CC(=O)O)C1. The Kier molecular flexibility index (Phi) is 3.20. The van der Waals surface area contributed by atoms with Gasteiger partial charge in [-0.1, -0.05) is 30.7 Å². The zero-order chi connectivity index (χ0) is 11.7. The van der Waals surface area contributed by atoms with Crippen molar-refractivity contribution in [1.29, 1.82) is 0 Å². The number of hydrogen-bond donors (Lipinski definition) is 1. The van der Waals surface area contributed by atoms with Gasteiger partial charge >= 0.3 is 5.97 Å². The number of halogens is 1. The molecule has 2 rings (SSSR count). The molecule has 0 saturated carbocycles. The van der Waals surface area contributed by atoms with Crippen LogP contribution < -0.4 is 0 Å². The van der Waals surface area contributed by atoms with Crippen molar-refractivity contribution in [2.24, 2.45) is 5.92 Å². The number of hydrogen-bond acceptors (Lipinski definition) is 1. The van der Waals surface area contributed by atoms with Gasteiger partial charge in [0.2, 0.25) is 0 Å². The molecule has 0 amide bonds. The zero-order valence-corrected chi connectivity index (χ0v) is 10.00. The first kappa shape index (κ1) is 11.5. The van der Waals surface area contributed by atoms with Gasteiger partial charge in [-0.3, -0.25) is 4.79 Å². The largest absolute Gasteiger partial charge is 0.481 e. The van der Waals surface area contributed by atoms with Gasteiger partial charge in [0, 0.05) is 5.02 Å². The highest BCUT2D eigenvalue weighted by molar-refractivity contribution is 6.31. The summed E-state index contributed by atoms with van der Waals surface area (Å²) in [5.41, 5.74) is 2.28. The summed E-state index contributed by atoms with van der Waals surface area (Å²) in [7, 11) is 0. The summed E-state index contributed by atoms with van der Waals surface area (Å²) < 4.78 is 0. The van der Waals surface area contributed by atoms with Crippen LogP contribution in [0.2, 0.25) is 5.02 Å². The lowest BCUT2D eigenvalue weighted by atomic mass is 9.76. The predicted octanol–water partition coefficient (Wildman–Crippen LogP) is 3.48. The van der Waals surface area contributed by atoms with E-state index in [1.807, 2.05) is 18.2 Å². The fourth-order valence-electron chi connectivity index (χ4n) is 2.62. The molecule has 0 spiro atoms. The average molecular weight is 239 g/mol. The van der Waals surface area contributed by atoms with Gasteiger partial charge in [0.25, 0.3) is 0 Å². The molecule has 0 fully saturated rings. The van der Waals surface area contributed by atoms with Gasteiger partial charge in [0.1, 0.15) is 0 Å². The molecule has 1 aliphatic carbocycles. The van der Waals surface area contributed by atoms with Gasteiger partial charge < -0.3 is 5.11 Å². The molecule has 16 heavy (non-hydrogen) atoms. The van der Waals surface area contributed by atoms with Gasteiger partial charge in [0.15, 0.2) is 0 Å². The molecule has 2 nitrogen and oxygen atoms in total. The molecule has 1 aromatic rings. The third-order valence-corrected chi connectivity index (χ3v) is 3.61. The Bertz CT molecular complexity index is 414. The van der Waals surface area contributed by atoms with Gasteiger partial charge in [-0.25, -0.2) is 0 Å². The molecular weight excluding hydrogens is 224 g/mol. The minimum absolute atomic E-state index is 0.120. The smallest absolute Gasteiger partial charge is 0.303 e. The molecule has 3 heteroatoms. The fraction of sp³-hybridized carbons (Fsp3) is 0.462. The van der Waals surface area contributed by atoms with Crippen LogP contribution in [0.3, 0.4) is 0 Å². The van der Waals surface area contributed by atoms with E-state index in [9.17, 15) is 4.79 Å². The van der Waals surface area contributed by atoms with E-state index in [1.165, 1.54) is 0 Å². The number of carbonyl (C=O) groups is 1. The number of carboxylic acids is 1. The molecule has 2 unspecified atom stereocenters. The minimum atomic E-state index is -0.731. The van der Waals surface area contributed by atoms with Crippen LogP contribution in [0, 0.1) is 5.92 Å². The van der Waals surface area contributed by atoms with E-state index in [0.29, 0.717) is 5.92 Å². The van der Waals surface area contributed by atoms with Crippen LogP contribution in [0.4, 0.5) is 0 Å². The molecule has 0 heterocycles. The number of benzene rings is 1. The normalized spacial score (nSPS) is 23.9. The van der Waals surface area contributed by atoms with E-state index < -0.39 is 5.97 Å². The van der Waals surface area contributed by atoms with Crippen LogP contribution in [-0.4, -0.2) is 11.1 Å². The molecule has 0 radical (unpaired) electrons. The molecule has 0 bridgehead atoms. The summed E-state index contributed by atoms with van der Waals surface area (Å²) >= 11 is 6.16. The zero-order valence-electron chi connectivity index (χ0n) is 9.24. The maximum Gasteiger partial charge on any atom is 0.303 e. The second-order valence-electron chi connectivity index (χ2n) is 4.65. The summed E-state index contributed by atoms with van der Waals surface area (Å²) in [5.74, 6) is -0.100. The molecule has 0 saturated heterocycles. The minimum Gasteiger partial charge on any atom is -0.481 e. The van der Waals surface area contributed by atoms with Crippen molar-refractivity contribution in [2.45, 2.75) is 32.1 Å². The molecule has 2 atom stereocenters. The first-order valence-electron chi connectivity index (χ1n) is 5.57. The van der Waals surface area contributed by atoms with Crippen LogP contribution >= 0.6 is 11.6 Å². The lowest BCUT2D eigenvalue weighted by Crippen LogP contribution is -2.19. The highest BCUT2D eigenvalue weighted by atomic mass is 35.5. The second-order valence-corrected chi connectivity index (χ2v) is 5.05. The van der Waals surface area contributed by atoms with Crippen LogP contribution in [-0.2, 0) is 11.2 Å². The molecule has 86 valence electrons. The third kappa shape index (κ3) is 2.22. The Balaban J connectivity index is 2.38. The van der Waals surface area contributed by atoms with Crippen molar-refractivity contribution in [3.8, 4) is 0 Å². The van der Waals surface area contributed by atoms with Crippen LogP contribution in [0.15, 0.2) is 18.2 Å². The van der Waals surface area contributed by atoms with E-state index in [0.717, 1.165) is 29.0 Å². The number of fused-ring (bicyclic) bond motifs is 1. The summed E-state index contributed by atoms with van der Waals surface area (Å²) in [6, 6.07) is 5.81. The Hall–Kier alpha value is -1.02. The Morgan fingerprint density at radius 2 is 2.31 bits per heavy atom. The van der Waals surface area contributed by atoms with Crippen molar-refractivity contribution in [3.05, 3.63) is 34.3 Å². The molecule has 1 N–H and O–H groups in total. The van der Waals surface area contributed by atoms with E-state index in [4.69, 9.17) is 16.7 Å². The van der Waals surface area contributed by atoms with Crippen molar-refractivity contribution < 1.29 is 9.90 Å². The van der Waals surface area contributed by atoms with Crippen molar-refractivity contribution in [3.63, 3.8) is 0 Å². The second kappa shape index (κ2) is 4.46. The molecule has 1 aliphatic rings. The van der Waals surface area contributed by atoms with Crippen molar-refractivity contribution in [2.75, 3.05) is 0 Å². The highest BCUT2D eigenvalue weighted by Gasteiger charge is 2.27. The maximum atomic E-state index is 10.8. The standard InChI is InChI=1S/C13H15ClO2/c1-8-5-9(7-13(15)16)10-3-2-4-12(14)11(10)6-8/h2-4,8-9H,5-7H2,1H3,(H,15,16). The summed E-state index contributed by atoms with van der Waals surface area (Å²) in [6.07, 6.45) is 2.11. The number of aliphatic carboxylic acids is 1. The Morgan fingerprint density at radius 1 is 1.56 bits per heavy atom. The van der Waals surface area contributed by atoms with E-state index in [-0.39, 0.29) is 12.3 Å². The molecule has 0 aliphatic heterocycles. The van der Waals surface area contributed by atoms with Gasteiger partial charge in [0.05, 0.1) is 6.42 Å². The van der Waals surface area contributed by atoms with E-state index in [1.54, 1.807) is 0 Å². The van der Waals surface area contributed by atoms with E-state index in [2.05, 4.69) is 6.92 Å².